The molecule has 2 bridgehead atoms. The minimum Gasteiger partial charge on any atom is -0.453 e. The number of ether oxygens (including phenoxy) is 2. The molecule has 5 amide bonds. The van der Waals surface area contributed by atoms with E-state index in [4.69, 9.17) is 14.5 Å². The number of amides is 5. The summed E-state index contributed by atoms with van der Waals surface area (Å²) in [6, 6.07) is 18.8. The van der Waals surface area contributed by atoms with Crippen molar-refractivity contribution in [3.05, 3.63) is 83.8 Å². The summed E-state index contributed by atoms with van der Waals surface area (Å²) in [6.07, 6.45) is 6.94. The second-order valence-electron chi connectivity index (χ2n) is 18.1. The average molecular weight is 858 g/mol. The molecule has 4 aromatic rings. The average Bonchev–Trinajstić information content (AvgIpc) is 4.16. The lowest BCUT2D eigenvalue weighted by Crippen LogP contribution is -2.54. The number of methoxy groups -OCH3 is 2. The molecule has 63 heavy (non-hydrogen) atoms. The number of H-pyrrole nitrogens is 1. The smallest absolute Gasteiger partial charge is 0.407 e. The molecule has 1 saturated carbocycles. The van der Waals surface area contributed by atoms with Crippen LogP contribution in [0.15, 0.2) is 66.9 Å². The molecule has 14 heteroatoms. The molecule has 6 atom stereocenters. The number of carbonyl (C=O) groups excluding carboxylic acids is 5. The Hall–Kier alpha value is -6.18. The van der Waals surface area contributed by atoms with E-state index < -0.39 is 30.3 Å². The van der Waals surface area contributed by atoms with Crippen molar-refractivity contribution in [2.75, 3.05) is 32.6 Å². The molecule has 0 radical (unpaired) electrons. The number of aromatic nitrogens is 2. The van der Waals surface area contributed by atoms with Gasteiger partial charge >= 0.3 is 12.2 Å². The lowest BCUT2D eigenvalue weighted by Gasteiger charge is -2.30. The van der Waals surface area contributed by atoms with Crippen molar-refractivity contribution in [1.82, 2.24) is 30.4 Å². The fourth-order valence-corrected chi connectivity index (χ4v) is 10.3. The Morgan fingerprint density at radius 2 is 1.17 bits per heavy atom. The number of alkyl carbamates (subject to hydrolysis) is 2. The maximum Gasteiger partial charge on any atom is 0.407 e. The Bertz CT molecular complexity index is 2360. The highest BCUT2D eigenvalue weighted by Crippen LogP contribution is 2.58. The number of benzene rings is 3. The van der Waals surface area contributed by atoms with Gasteiger partial charge in [-0.2, -0.15) is 0 Å². The highest BCUT2D eigenvalue weighted by molar-refractivity contribution is 5.99. The first-order valence-electron chi connectivity index (χ1n) is 22.4. The number of nitrogens with one attached hydrogen (secondary N) is 4. The van der Waals surface area contributed by atoms with E-state index in [1.165, 1.54) is 49.3 Å². The van der Waals surface area contributed by atoms with Crippen molar-refractivity contribution < 1.29 is 33.4 Å². The fraction of sp³-hybridized carbons (Fsp3) is 0.469. The van der Waals surface area contributed by atoms with Gasteiger partial charge in [-0.1, -0.05) is 76.2 Å². The lowest BCUT2D eigenvalue weighted by atomic mass is 9.81. The van der Waals surface area contributed by atoms with Gasteiger partial charge in [-0.15, -0.1) is 0 Å². The number of nitrogens with zero attached hydrogens (tertiary/aromatic N) is 3. The third kappa shape index (κ3) is 8.64. The normalized spacial score (nSPS) is 21.0. The van der Waals surface area contributed by atoms with Crippen LogP contribution in [0.5, 0.6) is 0 Å². The molecule has 14 nitrogen and oxygen atoms in total. The number of hydrogen-bond acceptors (Lipinski definition) is 8. The van der Waals surface area contributed by atoms with E-state index in [2.05, 4.69) is 69.5 Å². The molecule has 6 unspecified atom stereocenters. The first-order chi connectivity index (χ1) is 30.4. The Labute approximate surface area is 368 Å². The van der Waals surface area contributed by atoms with E-state index in [1.54, 1.807) is 4.90 Å². The third-order valence-electron chi connectivity index (χ3n) is 13.6. The largest absolute Gasteiger partial charge is 0.453 e. The van der Waals surface area contributed by atoms with Crippen molar-refractivity contribution in [3.63, 3.8) is 0 Å². The van der Waals surface area contributed by atoms with Crippen LogP contribution in [-0.4, -0.2) is 95.1 Å². The zero-order valence-corrected chi connectivity index (χ0v) is 37.0. The summed E-state index contributed by atoms with van der Waals surface area (Å²) in [6.45, 7) is 8.57. The lowest BCUT2D eigenvalue weighted by molar-refractivity contribution is -0.139. The minimum absolute atomic E-state index is 0.108. The molecule has 4 N–H and O–H groups in total. The van der Waals surface area contributed by atoms with E-state index in [0.29, 0.717) is 43.5 Å². The summed E-state index contributed by atoms with van der Waals surface area (Å²) >= 11 is 0. The topological polar surface area (TPSA) is 175 Å². The Morgan fingerprint density at radius 1 is 0.667 bits per heavy atom. The van der Waals surface area contributed by atoms with Crippen molar-refractivity contribution in [3.8, 4) is 33.5 Å². The summed E-state index contributed by atoms with van der Waals surface area (Å²) in [4.78, 5) is 76.4. The van der Waals surface area contributed by atoms with Gasteiger partial charge in [-0.25, -0.2) is 14.6 Å². The first-order valence-corrected chi connectivity index (χ1v) is 22.4. The number of likely N-dealkylation sites (tertiary alicyclic amines) is 2. The first kappa shape index (κ1) is 43.5. The van der Waals surface area contributed by atoms with Crippen LogP contribution in [0.3, 0.4) is 0 Å². The van der Waals surface area contributed by atoms with Gasteiger partial charge in [0.25, 0.3) is 0 Å². The predicted octanol–water partition coefficient (Wildman–Crippen LogP) is 8.13. The molecule has 2 aliphatic carbocycles. The van der Waals surface area contributed by atoms with Crippen LogP contribution in [0.4, 0.5) is 15.3 Å². The summed E-state index contributed by atoms with van der Waals surface area (Å²) < 4.78 is 9.52. The molecule has 332 valence electrons. The van der Waals surface area contributed by atoms with Gasteiger partial charge in [0.15, 0.2) is 0 Å². The molecular formula is C49H59N7O7. The zero-order valence-electron chi connectivity index (χ0n) is 37.0. The van der Waals surface area contributed by atoms with Gasteiger partial charge in [0, 0.05) is 18.8 Å². The third-order valence-corrected chi connectivity index (χ3v) is 13.6. The molecular weight excluding hydrogens is 799 g/mol. The van der Waals surface area contributed by atoms with Crippen molar-refractivity contribution >= 4 is 35.6 Å². The SMILES string of the molecule is COC(=O)NC(C(=O)N1CCCC1C(=O)Nc1ccc(-c2ccc(-c3ccc(-c4cnc(C5CCCN5C(=O)C(NC(=O)OC)C(C)C)[nH]4)cc3)c3c2C2CCC3C2)cc1)C(C)C. The van der Waals surface area contributed by atoms with Crippen LogP contribution in [0, 0.1) is 11.8 Å². The number of rotatable bonds is 12. The number of fused-ring (bicyclic) bond motifs is 5. The van der Waals surface area contributed by atoms with Crippen LogP contribution in [-0.2, 0) is 23.9 Å². The molecule has 1 aromatic heterocycles. The molecule has 3 aromatic carbocycles. The number of hydrogen-bond donors (Lipinski definition) is 4. The van der Waals surface area contributed by atoms with Crippen molar-refractivity contribution in [2.45, 2.75) is 109 Å². The van der Waals surface area contributed by atoms with Crippen molar-refractivity contribution in [1.29, 1.82) is 0 Å². The molecule has 3 fully saturated rings. The molecule has 2 aliphatic heterocycles. The number of imidazole rings is 1. The van der Waals surface area contributed by atoms with Crippen LogP contribution in [0.25, 0.3) is 33.5 Å². The van der Waals surface area contributed by atoms with E-state index in [0.717, 1.165) is 47.5 Å². The van der Waals surface area contributed by atoms with Gasteiger partial charge in [-0.3, -0.25) is 14.4 Å². The molecule has 4 aliphatic rings. The Balaban J connectivity index is 0.965. The van der Waals surface area contributed by atoms with Gasteiger partial charge < -0.3 is 40.2 Å². The molecule has 0 spiro atoms. The number of carbonyl (C=O) groups is 5. The second-order valence-corrected chi connectivity index (χ2v) is 18.1. The molecule has 2 saturated heterocycles. The standard InChI is InChI=1S/C49H59N7O7/c1-27(2)42(53-48(60)62-5)46(58)55-23-7-9-38(55)44-50-26-37(52-44)31-13-11-29(12-14-31)35-21-22-36(41-33-16-15-32(25-33)40(35)41)30-17-19-34(20-18-30)51-45(57)39-10-8-24-56(39)47(59)43(28(3)4)54-49(61)63-6/h11-14,17-22,26-28,32-33,38-39,42-43H,7-10,15-16,23-25H2,1-6H3,(H,50,52)(H,51,57)(H,53,60)(H,54,61). The van der Waals surface area contributed by atoms with Gasteiger partial charge in [0.1, 0.15) is 23.9 Å². The van der Waals surface area contributed by atoms with E-state index >= 15 is 0 Å². The Kier molecular flexibility index (Phi) is 12.6. The minimum atomic E-state index is -0.790. The zero-order chi connectivity index (χ0) is 44.5. The van der Waals surface area contributed by atoms with Crippen LogP contribution in [0.2, 0.25) is 0 Å². The van der Waals surface area contributed by atoms with Crippen LogP contribution in [0.1, 0.15) is 107 Å². The molecule has 8 rings (SSSR count). The highest BCUT2D eigenvalue weighted by atomic mass is 16.5. The monoisotopic (exact) mass is 857 g/mol. The summed E-state index contributed by atoms with van der Waals surface area (Å²) in [5, 5.41) is 8.40. The van der Waals surface area contributed by atoms with E-state index in [9.17, 15) is 24.0 Å². The Morgan fingerprint density at radius 3 is 1.73 bits per heavy atom. The predicted molar refractivity (Wildman–Crippen MR) is 240 cm³/mol. The maximum absolute atomic E-state index is 13.7. The van der Waals surface area contributed by atoms with Crippen molar-refractivity contribution in [2.24, 2.45) is 11.8 Å². The maximum atomic E-state index is 13.7. The summed E-state index contributed by atoms with van der Waals surface area (Å²) in [5.74, 6) is 0.805. The highest BCUT2D eigenvalue weighted by Gasteiger charge is 2.42. The second kappa shape index (κ2) is 18.3. The number of anilines is 1. The molecule has 3 heterocycles. The summed E-state index contributed by atoms with van der Waals surface area (Å²) in [5.41, 5.74) is 10.2. The fourth-order valence-electron chi connectivity index (χ4n) is 10.3. The van der Waals surface area contributed by atoms with Gasteiger partial charge in [0.2, 0.25) is 17.7 Å². The van der Waals surface area contributed by atoms with Gasteiger partial charge in [0.05, 0.1) is 32.2 Å². The quantitative estimate of drug-likeness (QED) is 0.111. The van der Waals surface area contributed by atoms with Crippen LogP contribution < -0.4 is 16.0 Å². The van der Waals surface area contributed by atoms with E-state index in [-0.39, 0.29) is 35.6 Å². The summed E-state index contributed by atoms with van der Waals surface area (Å²) in [7, 11) is 2.56. The van der Waals surface area contributed by atoms with E-state index in [1.807, 2.05) is 50.9 Å². The number of aromatic amines is 1. The van der Waals surface area contributed by atoms with Gasteiger partial charge in [-0.05, 0) is 120 Å². The van der Waals surface area contributed by atoms with Crippen LogP contribution >= 0.6 is 0 Å².